The molecule has 1 aliphatic heterocycles. The van der Waals surface area contributed by atoms with Gasteiger partial charge in [-0.05, 0) is 76.0 Å². The van der Waals surface area contributed by atoms with Gasteiger partial charge in [-0.1, -0.05) is 24.6 Å². The third-order valence-corrected chi connectivity index (χ3v) is 8.51. The van der Waals surface area contributed by atoms with E-state index in [1.165, 1.54) is 23.3 Å². The highest BCUT2D eigenvalue weighted by Crippen LogP contribution is 2.42. The summed E-state index contributed by atoms with van der Waals surface area (Å²) in [4.78, 5) is 47.6. The standard InChI is InChI=1S/C20H32N3O6PS.C5H3ClOS/c1-6-13-15(8-7-9-17(13)31-22-14(12-21-5)19(25)26)23-11-10-16(18(23)24)28-30(27)29-20(2,3)4;6-5-2-1-4(3-7)8-5/h7-9,14,16,21-22,27H,6,10-12H2,1-5H3,(H,25,26);1-3H/t14-,16-,30?;/m0./s1. The number of amides is 1. The van der Waals surface area contributed by atoms with Gasteiger partial charge in [0.1, 0.15) is 12.1 Å². The minimum atomic E-state index is -2.16. The Bertz CT molecular complexity index is 1120. The van der Waals surface area contributed by atoms with E-state index in [0.29, 0.717) is 28.6 Å². The third kappa shape index (κ3) is 10.7. The molecule has 3 rings (SSSR count). The molecule has 14 heteroatoms. The molecule has 1 aliphatic rings. The maximum atomic E-state index is 13.0. The number of aliphatic carboxylic acids is 1. The van der Waals surface area contributed by atoms with Gasteiger partial charge in [-0.25, -0.2) is 4.72 Å². The summed E-state index contributed by atoms with van der Waals surface area (Å²) in [5.74, 6) is -1.16. The van der Waals surface area contributed by atoms with E-state index in [9.17, 15) is 24.4 Å². The molecule has 1 amide bonds. The Kier molecular flexibility index (Phi) is 13.8. The van der Waals surface area contributed by atoms with E-state index < -0.39 is 32.3 Å². The molecule has 2 aromatic rings. The van der Waals surface area contributed by atoms with Gasteiger partial charge in [0.05, 0.1) is 14.8 Å². The average molecular weight is 620 g/mol. The first kappa shape index (κ1) is 33.6. The van der Waals surface area contributed by atoms with Gasteiger partial charge in [0.15, 0.2) is 6.29 Å². The first-order valence-electron chi connectivity index (χ1n) is 12.2. The van der Waals surface area contributed by atoms with Gasteiger partial charge in [-0.3, -0.25) is 18.9 Å². The molecule has 1 aromatic heterocycles. The quantitative estimate of drug-likeness (QED) is 0.148. The molecule has 39 heavy (non-hydrogen) atoms. The molecular formula is C25H35ClN3O7PS2. The molecule has 0 radical (unpaired) electrons. The van der Waals surface area contributed by atoms with E-state index in [1.807, 2.05) is 25.1 Å². The molecular weight excluding hydrogens is 585 g/mol. The summed E-state index contributed by atoms with van der Waals surface area (Å²) in [6.45, 7) is 8.16. The van der Waals surface area contributed by atoms with E-state index in [0.717, 1.165) is 22.4 Å². The van der Waals surface area contributed by atoms with Crippen molar-refractivity contribution in [3.8, 4) is 0 Å². The van der Waals surface area contributed by atoms with E-state index >= 15 is 0 Å². The summed E-state index contributed by atoms with van der Waals surface area (Å²) < 4.78 is 14.5. The molecule has 1 fully saturated rings. The van der Waals surface area contributed by atoms with Gasteiger partial charge < -0.3 is 24.7 Å². The largest absolute Gasteiger partial charge is 0.480 e. The van der Waals surface area contributed by atoms with Crippen LogP contribution in [0.4, 0.5) is 5.69 Å². The second-order valence-electron chi connectivity index (χ2n) is 9.35. The fraction of sp³-hybridized carbons (Fsp3) is 0.480. The number of thiophene rings is 1. The van der Waals surface area contributed by atoms with Gasteiger partial charge in [-0.15, -0.1) is 11.3 Å². The highest BCUT2D eigenvalue weighted by atomic mass is 35.5. The summed E-state index contributed by atoms with van der Waals surface area (Å²) in [5, 5.41) is 12.2. The van der Waals surface area contributed by atoms with Crippen LogP contribution < -0.4 is 14.9 Å². The number of hydrogen-bond donors (Lipinski definition) is 4. The SMILES string of the molecule is CCc1c(SN[C@@H](CNC)C(=O)O)cccc1N1CC[C@H](OP(O)OC(C)(C)C)C1=O.O=Cc1ccc(Cl)s1. The Hall–Kier alpha value is -1.60. The van der Waals surface area contributed by atoms with E-state index in [1.54, 1.807) is 44.9 Å². The monoisotopic (exact) mass is 619 g/mol. The third-order valence-electron chi connectivity index (χ3n) is 5.21. The van der Waals surface area contributed by atoms with Crippen molar-refractivity contribution in [2.75, 3.05) is 25.0 Å². The number of carbonyl (C=O) groups excluding carboxylic acids is 2. The molecule has 4 N–H and O–H groups in total. The normalized spacial score (nSPS) is 16.9. The summed E-state index contributed by atoms with van der Waals surface area (Å²) in [6, 6.07) is 8.27. The van der Waals surface area contributed by atoms with Crippen molar-refractivity contribution >= 4 is 67.3 Å². The number of carboxylic acid groups (broad SMARTS) is 1. The van der Waals surface area contributed by atoms with Crippen LogP contribution in [0.1, 0.15) is 49.4 Å². The number of carbonyl (C=O) groups is 3. The molecule has 0 bridgehead atoms. The Morgan fingerprint density at radius 3 is 2.59 bits per heavy atom. The molecule has 1 aromatic carbocycles. The number of hydrogen-bond acceptors (Lipinski definition) is 10. The highest BCUT2D eigenvalue weighted by Gasteiger charge is 2.37. The van der Waals surface area contributed by atoms with Crippen molar-refractivity contribution in [3.63, 3.8) is 0 Å². The smallest absolute Gasteiger partial charge is 0.331 e. The molecule has 0 spiro atoms. The van der Waals surface area contributed by atoms with Crippen LogP contribution in [0.25, 0.3) is 0 Å². The van der Waals surface area contributed by atoms with Crippen molar-refractivity contribution in [3.05, 3.63) is 45.1 Å². The number of aldehydes is 1. The lowest BCUT2D eigenvalue weighted by atomic mass is 10.1. The lowest BCUT2D eigenvalue weighted by Crippen LogP contribution is -2.40. The van der Waals surface area contributed by atoms with Crippen LogP contribution in [0.5, 0.6) is 0 Å². The van der Waals surface area contributed by atoms with E-state index in [2.05, 4.69) is 10.0 Å². The Morgan fingerprint density at radius 1 is 1.36 bits per heavy atom. The number of nitrogens with one attached hydrogen (secondary N) is 2. The van der Waals surface area contributed by atoms with Gasteiger partial charge in [0, 0.05) is 30.1 Å². The number of nitrogens with zero attached hydrogens (tertiary/aromatic N) is 1. The Balaban J connectivity index is 0.000000568. The van der Waals surface area contributed by atoms with Gasteiger partial charge in [-0.2, -0.15) is 0 Å². The molecule has 2 heterocycles. The zero-order valence-electron chi connectivity index (χ0n) is 22.5. The predicted molar refractivity (Wildman–Crippen MR) is 157 cm³/mol. The van der Waals surface area contributed by atoms with Crippen molar-refractivity contribution in [1.82, 2.24) is 10.0 Å². The fourth-order valence-electron chi connectivity index (χ4n) is 3.52. The summed E-state index contributed by atoms with van der Waals surface area (Å²) in [7, 11) is -0.461. The van der Waals surface area contributed by atoms with Crippen LogP contribution in [0.15, 0.2) is 35.2 Å². The molecule has 1 unspecified atom stereocenters. The first-order valence-corrected chi connectivity index (χ1v) is 15.3. The molecule has 216 valence electrons. The van der Waals surface area contributed by atoms with Gasteiger partial charge in [0.25, 0.3) is 5.91 Å². The second-order valence-corrected chi connectivity index (χ2v) is 12.8. The number of halogens is 1. The van der Waals surface area contributed by atoms with Crippen LogP contribution in [-0.4, -0.2) is 66.0 Å². The fourth-order valence-corrected chi connectivity index (χ4v) is 6.30. The van der Waals surface area contributed by atoms with Crippen molar-refractivity contribution < 1.29 is 33.4 Å². The maximum absolute atomic E-state index is 13.0. The van der Waals surface area contributed by atoms with Crippen molar-refractivity contribution in [2.45, 2.75) is 63.2 Å². The first-order chi connectivity index (χ1) is 18.4. The number of carboxylic acids is 1. The summed E-state index contributed by atoms with van der Waals surface area (Å²) in [6.07, 6.45) is 1.15. The van der Waals surface area contributed by atoms with Crippen LogP contribution in [0, 0.1) is 0 Å². The van der Waals surface area contributed by atoms with Crippen molar-refractivity contribution in [1.29, 1.82) is 0 Å². The summed E-state index contributed by atoms with van der Waals surface area (Å²) in [5.41, 5.74) is 1.14. The molecule has 3 atom stereocenters. The number of likely N-dealkylation sites (N-methyl/N-ethyl adjacent to an activating group) is 1. The number of anilines is 1. The molecule has 0 saturated carbocycles. The van der Waals surface area contributed by atoms with E-state index in [4.69, 9.17) is 20.6 Å². The Labute approximate surface area is 243 Å². The van der Waals surface area contributed by atoms with Crippen LogP contribution >= 0.6 is 43.5 Å². The highest BCUT2D eigenvalue weighted by molar-refractivity contribution is 7.97. The second kappa shape index (κ2) is 16.0. The van der Waals surface area contributed by atoms with E-state index in [-0.39, 0.29) is 12.5 Å². The van der Waals surface area contributed by atoms with Crippen LogP contribution in [0.2, 0.25) is 4.34 Å². The molecule has 10 nitrogen and oxygen atoms in total. The van der Waals surface area contributed by atoms with Gasteiger partial charge >= 0.3 is 14.6 Å². The maximum Gasteiger partial charge on any atom is 0.331 e. The minimum Gasteiger partial charge on any atom is -0.480 e. The van der Waals surface area contributed by atoms with Gasteiger partial charge in [0.2, 0.25) is 0 Å². The minimum absolute atomic E-state index is 0.220. The Morgan fingerprint density at radius 2 is 2.08 bits per heavy atom. The topological polar surface area (TPSA) is 137 Å². The van der Waals surface area contributed by atoms with Crippen LogP contribution in [0.3, 0.4) is 0 Å². The predicted octanol–water partition coefficient (Wildman–Crippen LogP) is 4.89. The average Bonchev–Trinajstić information content (AvgIpc) is 3.45. The lowest BCUT2D eigenvalue weighted by molar-refractivity contribution is -0.138. The van der Waals surface area contributed by atoms with Crippen LogP contribution in [-0.2, 0) is 25.1 Å². The summed E-state index contributed by atoms with van der Waals surface area (Å²) >= 11 is 8.03. The lowest BCUT2D eigenvalue weighted by Gasteiger charge is -2.24. The molecule has 1 saturated heterocycles. The number of rotatable bonds is 12. The molecule has 0 aliphatic carbocycles. The van der Waals surface area contributed by atoms with Crippen molar-refractivity contribution in [2.24, 2.45) is 0 Å². The number of benzene rings is 1. The zero-order chi connectivity index (χ0) is 29.2. The zero-order valence-corrected chi connectivity index (χ0v) is 25.8.